The predicted octanol–water partition coefficient (Wildman–Crippen LogP) is 6.75. The van der Waals surface area contributed by atoms with Crippen LogP contribution in [0.2, 0.25) is 0 Å². The van der Waals surface area contributed by atoms with Crippen molar-refractivity contribution in [1.29, 1.82) is 0 Å². The molecule has 0 fully saturated rings. The second-order valence-corrected chi connectivity index (χ2v) is 15.0. The number of ether oxygens (including phenoxy) is 4. The van der Waals surface area contributed by atoms with Gasteiger partial charge in [0.15, 0.2) is 16.7 Å². The van der Waals surface area contributed by atoms with Crippen molar-refractivity contribution in [2.45, 2.75) is 30.6 Å². The van der Waals surface area contributed by atoms with Gasteiger partial charge in [-0.1, -0.05) is 11.8 Å². The summed E-state index contributed by atoms with van der Waals surface area (Å²) in [5.74, 6) is 5.61. The number of benzene rings is 2. The van der Waals surface area contributed by atoms with Crippen LogP contribution in [0, 0.1) is 27.0 Å². The highest BCUT2D eigenvalue weighted by atomic mass is 127. The second-order valence-electron chi connectivity index (χ2n) is 12.9. The normalized spacial score (nSPS) is 19.8. The summed E-state index contributed by atoms with van der Waals surface area (Å²) in [6, 6.07) is 9.58. The summed E-state index contributed by atoms with van der Waals surface area (Å²) in [7, 11) is 0. The predicted molar refractivity (Wildman–Crippen MR) is 202 cm³/mol. The van der Waals surface area contributed by atoms with Crippen molar-refractivity contribution in [2.75, 3.05) is 13.2 Å². The molecule has 0 bridgehead atoms. The van der Waals surface area contributed by atoms with E-state index in [0.29, 0.717) is 43.9 Å². The third-order valence-electron chi connectivity index (χ3n) is 8.79. The molecule has 17 heteroatoms. The van der Waals surface area contributed by atoms with Gasteiger partial charge in [-0.3, -0.25) is 0 Å². The molecule has 0 saturated carbocycles. The van der Waals surface area contributed by atoms with Crippen LogP contribution in [0.4, 0.5) is 13.2 Å². The number of nitrogens with two attached hydrogens (primary N) is 2. The van der Waals surface area contributed by atoms with Crippen LogP contribution < -0.4 is 20.9 Å². The van der Waals surface area contributed by atoms with Gasteiger partial charge in [0.1, 0.15) is 42.7 Å². The molecule has 2 aromatic carbocycles. The summed E-state index contributed by atoms with van der Waals surface area (Å²) in [6.07, 6.45) is 7.53. The minimum absolute atomic E-state index is 0.0147. The highest BCUT2D eigenvalue weighted by Crippen LogP contribution is 2.53. The summed E-state index contributed by atoms with van der Waals surface area (Å²) >= 11 is 5.37. The smallest absolute Gasteiger partial charge is 0.283 e. The molecule has 5 aromatic rings. The molecule has 7 heterocycles. The fourth-order valence-corrected chi connectivity index (χ4v) is 7.19. The Labute approximate surface area is 327 Å². The molecule has 0 amide bonds. The lowest BCUT2D eigenvalue weighted by Crippen LogP contribution is -2.31. The van der Waals surface area contributed by atoms with Gasteiger partial charge in [-0.25, -0.2) is 43.1 Å². The topological polar surface area (TPSA) is 165 Å². The van der Waals surface area contributed by atoms with Gasteiger partial charge >= 0.3 is 0 Å². The lowest BCUT2D eigenvalue weighted by Gasteiger charge is -2.33. The number of aromatic nitrogens is 4. The number of nitrogens with zero attached hydrogens (tertiary/aromatic N) is 6. The van der Waals surface area contributed by atoms with Crippen molar-refractivity contribution in [3.63, 3.8) is 0 Å². The number of pyridine rings is 2. The molecule has 0 aliphatic carbocycles. The van der Waals surface area contributed by atoms with Crippen molar-refractivity contribution in [2.24, 2.45) is 21.5 Å². The van der Waals surface area contributed by atoms with Crippen LogP contribution in [0.15, 0.2) is 82.0 Å². The van der Waals surface area contributed by atoms with Crippen LogP contribution in [0.3, 0.4) is 0 Å². The maximum absolute atomic E-state index is 15.0. The minimum Gasteiger partial charge on any atom is -0.462 e. The van der Waals surface area contributed by atoms with Gasteiger partial charge in [0.2, 0.25) is 11.8 Å². The molecule has 9 rings (SSSR count). The lowest BCUT2D eigenvalue weighted by atomic mass is 9.81. The van der Waals surface area contributed by atoms with E-state index in [0.717, 1.165) is 9.13 Å². The number of hydrogen-bond donors (Lipinski definition) is 2. The fraction of sp³-hybridized carbons (Fsp3) is 0.189. The maximum Gasteiger partial charge on any atom is 0.283 e. The maximum atomic E-state index is 15.0. The van der Waals surface area contributed by atoms with Crippen molar-refractivity contribution < 1.29 is 32.1 Å². The first-order chi connectivity index (χ1) is 25.7. The molecule has 2 spiro atoms. The van der Waals surface area contributed by atoms with Gasteiger partial charge in [-0.05, 0) is 76.6 Å². The van der Waals surface area contributed by atoms with E-state index in [-0.39, 0.29) is 42.5 Å². The van der Waals surface area contributed by atoms with E-state index in [4.69, 9.17) is 30.4 Å². The second kappa shape index (κ2) is 13.1. The molecule has 0 unspecified atom stereocenters. The van der Waals surface area contributed by atoms with E-state index in [2.05, 4.69) is 80.3 Å². The Morgan fingerprint density at radius 2 is 1.35 bits per heavy atom. The highest BCUT2D eigenvalue weighted by Gasteiger charge is 2.49. The number of hydrogen-bond acceptors (Lipinski definition) is 12. The molecule has 4 aliphatic heterocycles. The summed E-state index contributed by atoms with van der Waals surface area (Å²) in [5.41, 5.74) is 11.7. The molecule has 0 saturated heterocycles. The largest absolute Gasteiger partial charge is 0.462 e. The van der Waals surface area contributed by atoms with E-state index >= 15 is 0 Å². The van der Waals surface area contributed by atoms with Crippen molar-refractivity contribution in [1.82, 2.24) is 19.9 Å². The van der Waals surface area contributed by atoms with Gasteiger partial charge in [-0.15, -0.1) is 0 Å². The molecule has 54 heavy (non-hydrogen) atoms. The average Bonchev–Trinajstić information content (AvgIpc) is 3.72. The fourth-order valence-electron chi connectivity index (χ4n) is 6.39. The van der Waals surface area contributed by atoms with Gasteiger partial charge in [-0.2, -0.15) is 0 Å². The van der Waals surface area contributed by atoms with Gasteiger partial charge < -0.3 is 30.4 Å². The van der Waals surface area contributed by atoms with Gasteiger partial charge in [0.25, 0.3) is 12.0 Å². The average molecular weight is 909 g/mol. The molecule has 2 atom stereocenters. The Bertz CT molecular complexity index is 2510. The van der Waals surface area contributed by atoms with Gasteiger partial charge in [0.05, 0.1) is 15.6 Å². The molecule has 12 nitrogen and oxygen atoms in total. The SMILES string of the molecule is CC(C)(F)C#Cc1cnc2c(c1)[C@]1(COC(N)=N1)c1cc(-c3cncnc3)c(F)cc1O2.NC1=N[C@@]2(CO1)c1cc(Br)c(F)cc1Oc1ncc(I)cc12. The molecular formula is C37H25BrF3IN8O4. The van der Waals surface area contributed by atoms with E-state index in [1.807, 2.05) is 6.07 Å². The summed E-state index contributed by atoms with van der Waals surface area (Å²) < 4.78 is 66.5. The van der Waals surface area contributed by atoms with Crippen molar-refractivity contribution in [3.8, 4) is 46.2 Å². The first-order valence-electron chi connectivity index (χ1n) is 16.0. The summed E-state index contributed by atoms with van der Waals surface area (Å²) in [5, 5.41) is 0. The first kappa shape index (κ1) is 35.5. The number of alkyl halides is 1. The molecule has 3 aromatic heterocycles. The molecule has 272 valence electrons. The lowest BCUT2D eigenvalue weighted by molar-refractivity contribution is 0.262. The number of amidine groups is 2. The number of fused-ring (bicyclic) bond motifs is 8. The number of aliphatic imine (C=N–C) groups is 2. The Balaban J connectivity index is 0.000000164. The first-order valence-corrected chi connectivity index (χ1v) is 17.9. The molecule has 4 aliphatic rings. The monoisotopic (exact) mass is 908 g/mol. The highest BCUT2D eigenvalue weighted by molar-refractivity contribution is 14.1. The minimum atomic E-state index is -1.67. The third kappa shape index (κ3) is 6.22. The van der Waals surface area contributed by atoms with Crippen molar-refractivity contribution >= 4 is 50.6 Å². The van der Waals surface area contributed by atoms with Crippen LogP contribution in [0.5, 0.6) is 23.3 Å². The zero-order chi connectivity index (χ0) is 38.0. The standard InChI is InChI=1S/C23H17F2N5O2.C14H8BrFIN3O2/c1-22(2,25)4-3-13-5-17-20(29-8-13)32-19-7-18(24)15(14-9-27-12-28-10-14)6-16(19)23(17)11-31-21(26)30-23;15-9-2-7-11(3-10(9)16)22-12-8(1-6(17)4-19-12)14(7)5-21-13(18)20-14/h5-10,12H,11H2,1-2H3,(H2,26,30);1-4H,5H2,(H2,18,20)/t23-;14-/m00/s1. The van der Waals surface area contributed by atoms with E-state index in [9.17, 15) is 13.2 Å². The number of halogens is 5. The Hall–Kier alpha value is -5.48. The van der Waals surface area contributed by atoms with E-state index in [1.54, 1.807) is 24.4 Å². The number of rotatable bonds is 1. The zero-order valence-corrected chi connectivity index (χ0v) is 31.9. The molecule has 4 N–H and O–H groups in total. The van der Waals surface area contributed by atoms with E-state index in [1.165, 1.54) is 50.9 Å². The summed E-state index contributed by atoms with van der Waals surface area (Å²) in [4.78, 5) is 25.6. The zero-order valence-electron chi connectivity index (χ0n) is 28.1. The van der Waals surface area contributed by atoms with Crippen LogP contribution >= 0.6 is 38.5 Å². The van der Waals surface area contributed by atoms with Crippen LogP contribution in [-0.4, -0.2) is 50.9 Å². The Kier molecular flexibility index (Phi) is 8.64. The van der Waals surface area contributed by atoms with E-state index < -0.39 is 28.4 Å². The summed E-state index contributed by atoms with van der Waals surface area (Å²) in [6.45, 7) is 3.02. The van der Waals surface area contributed by atoms with Crippen LogP contribution in [0.1, 0.15) is 41.7 Å². The third-order valence-corrected chi connectivity index (χ3v) is 9.99. The quantitative estimate of drug-likeness (QED) is 0.136. The van der Waals surface area contributed by atoms with Crippen LogP contribution in [-0.2, 0) is 20.6 Å². The molecular weight excluding hydrogens is 884 g/mol. The van der Waals surface area contributed by atoms with Gasteiger partial charge in [0, 0.05) is 68.3 Å². The Morgan fingerprint density at radius 1 is 0.778 bits per heavy atom. The van der Waals surface area contributed by atoms with Crippen molar-refractivity contribution in [3.05, 3.63) is 115 Å². The molecule has 0 radical (unpaired) electrons. The Morgan fingerprint density at radius 3 is 1.94 bits per heavy atom. The van der Waals surface area contributed by atoms with Crippen LogP contribution in [0.25, 0.3) is 11.1 Å².